The van der Waals surface area contributed by atoms with Crippen LogP contribution in [-0.4, -0.2) is 58.5 Å². The minimum Gasteiger partial charge on any atom is -0.349 e. The van der Waals surface area contributed by atoms with Gasteiger partial charge in [0.05, 0.1) is 17.8 Å². The average Bonchev–Trinajstić information content (AvgIpc) is 3.35. The van der Waals surface area contributed by atoms with Gasteiger partial charge in [-0.2, -0.15) is 11.3 Å². The molecule has 2 N–H and O–H groups in total. The van der Waals surface area contributed by atoms with E-state index in [4.69, 9.17) is 0 Å². The molecule has 1 aliphatic heterocycles. The summed E-state index contributed by atoms with van der Waals surface area (Å²) in [6.45, 7) is 10.7. The van der Waals surface area contributed by atoms with Gasteiger partial charge in [-0.3, -0.25) is 9.69 Å². The Kier molecular flexibility index (Phi) is 11.1. The van der Waals surface area contributed by atoms with Gasteiger partial charge in [0.25, 0.3) is 5.91 Å². The molecule has 1 aliphatic rings. The fraction of sp³-hybridized carbons (Fsp3) is 0.632. The monoisotopic (exact) mass is 462 g/mol. The summed E-state index contributed by atoms with van der Waals surface area (Å²) in [5, 5.41) is 19.2. The number of piperidine rings is 1. The standard InChI is InChI=1S/C19H30N6OS.2ClH/c1-4-24(5-2)17(15-8-11-27-13-15)12-21-19(26)18-14(3)25(23-22-18)16-6-9-20-10-7-16;;/h8,11,13,16-17,20H,4-7,9-10,12H2,1-3H3,(H,21,26);2*1H. The number of carbonyl (C=O) groups excluding carboxylic acids is 1. The van der Waals surface area contributed by atoms with Crippen LogP contribution < -0.4 is 10.6 Å². The number of nitrogens with zero attached hydrogens (tertiary/aromatic N) is 4. The van der Waals surface area contributed by atoms with Crippen LogP contribution in [-0.2, 0) is 0 Å². The van der Waals surface area contributed by atoms with Gasteiger partial charge in [0.1, 0.15) is 0 Å². The quantitative estimate of drug-likeness (QED) is 0.629. The molecule has 0 aliphatic carbocycles. The second-order valence-electron chi connectivity index (χ2n) is 6.95. The van der Waals surface area contributed by atoms with Crippen molar-refractivity contribution >= 4 is 42.1 Å². The first-order chi connectivity index (χ1) is 13.2. The predicted octanol–water partition coefficient (Wildman–Crippen LogP) is 3.23. The number of hydrogen-bond acceptors (Lipinski definition) is 6. The molecule has 2 aromatic heterocycles. The zero-order valence-electron chi connectivity index (χ0n) is 17.3. The van der Waals surface area contributed by atoms with Gasteiger partial charge in [0, 0.05) is 6.54 Å². The third-order valence-corrected chi connectivity index (χ3v) is 6.14. The van der Waals surface area contributed by atoms with Crippen LogP contribution in [0.15, 0.2) is 16.8 Å². The van der Waals surface area contributed by atoms with E-state index < -0.39 is 0 Å². The van der Waals surface area contributed by atoms with E-state index in [9.17, 15) is 4.79 Å². The Morgan fingerprint density at radius 2 is 2.03 bits per heavy atom. The van der Waals surface area contributed by atoms with Gasteiger partial charge >= 0.3 is 0 Å². The largest absolute Gasteiger partial charge is 0.349 e. The van der Waals surface area contributed by atoms with Crippen LogP contribution in [0.5, 0.6) is 0 Å². The average molecular weight is 463 g/mol. The van der Waals surface area contributed by atoms with E-state index in [-0.39, 0.29) is 36.8 Å². The Labute approximate surface area is 189 Å². The molecule has 1 unspecified atom stereocenters. The van der Waals surface area contributed by atoms with Crippen molar-refractivity contribution in [2.24, 2.45) is 0 Å². The van der Waals surface area contributed by atoms with Crippen molar-refractivity contribution < 1.29 is 4.79 Å². The number of hydrogen-bond donors (Lipinski definition) is 2. The topological polar surface area (TPSA) is 75.1 Å². The number of halogens is 2. The molecule has 0 bridgehead atoms. The molecule has 0 saturated carbocycles. The molecule has 164 valence electrons. The molecular formula is C19H32Cl2N6OS. The summed E-state index contributed by atoms with van der Waals surface area (Å²) in [4.78, 5) is 15.1. The van der Waals surface area contributed by atoms with Gasteiger partial charge in [0.15, 0.2) is 5.69 Å². The number of aromatic nitrogens is 3. The Morgan fingerprint density at radius 3 is 2.62 bits per heavy atom. The summed E-state index contributed by atoms with van der Waals surface area (Å²) in [5.74, 6) is -0.139. The van der Waals surface area contributed by atoms with Crippen molar-refractivity contribution in [3.63, 3.8) is 0 Å². The van der Waals surface area contributed by atoms with Crippen molar-refractivity contribution in [3.05, 3.63) is 33.8 Å². The summed E-state index contributed by atoms with van der Waals surface area (Å²) < 4.78 is 1.93. The van der Waals surface area contributed by atoms with Crippen LogP contribution >= 0.6 is 36.2 Å². The van der Waals surface area contributed by atoms with Gasteiger partial charge in [-0.05, 0) is 68.3 Å². The van der Waals surface area contributed by atoms with Crippen LogP contribution in [0.4, 0.5) is 0 Å². The lowest BCUT2D eigenvalue weighted by molar-refractivity contribution is 0.0929. The number of carbonyl (C=O) groups is 1. The molecule has 1 fully saturated rings. The molecule has 3 heterocycles. The van der Waals surface area contributed by atoms with Gasteiger partial charge in [-0.1, -0.05) is 19.1 Å². The lowest BCUT2D eigenvalue weighted by Crippen LogP contribution is -2.38. The molecule has 29 heavy (non-hydrogen) atoms. The lowest BCUT2D eigenvalue weighted by atomic mass is 10.1. The summed E-state index contributed by atoms with van der Waals surface area (Å²) >= 11 is 1.69. The fourth-order valence-electron chi connectivity index (χ4n) is 3.81. The Bertz CT molecular complexity index is 729. The van der Waals surface area contributed by atoms with E-state index in [1.165, 1.54) is 5.56 Å². The zero-order valence-corrected chi connectivity index (χ0v) is 19.7. The number of rotatable bonds is 8. The highest BCUT2D eigenvalue weighted by molar-refractivity contribution is 7.07. The molecule has 1 amide bonds. The second-order valence-corrected chi connectivity index (χ2v) is 7.73. The first-order valence-corrected chi connectivity index (χ1v) is 10.8. The highest BCUT2D eigenvalue weighted by Crippen LogP contribution is 2.23. The SMILES string of the molecule is CCN(CC)C(CNC(=O)c1nnn(C2CCNCC2)c1C)c1ccsc1.Cl.Cl. The van der Waals surface area contributed by atoms with Gasteiger partial charge in [-0.25, -0.2) is 4.68 Å². The summed E-state index contributed by atoms with van der Waals surface area (Å²) in [6, 6.07) is 2.64. The smallest absolute Gasteiger partial charge is 0.273 e. The van der Waals surface area contributed by atoms with Crippen LogP contribution in [0, 0.1) is 6.92 Å². The van der Waals surface area contributed by atoms with E-state index in [0.29, 0.717) is 18.3 Å². The van der Waals surface area contributed by atoms with Crippen molar-refractivity contribution in [3.8, 4) is 0 Å². The molecular weight excluding hydrogens is 431 g/mol. The highest BCUT2D eigenvalue weighted by atomic mass is 35.5. The van der Waals surface area contributed by atoms with Gasteiger partial charge in [0.2, 0.25) is 0 Å². The third kappa shape index (κ3) is 6.15. The maximum Gasteiger partial charge on any atom is 0.273 e. The van der Waals surface area contributed by atoms with Crippen molar-refractivity contribution in [2.45, 2.75) is 45.7 Å². The van der Waals surface area contributed by atoms with Gasteiger partial charge in [-0.15, -0.1) is 29.9 Å². The number of amides is 1. The molecule has 0 spiro atoms. The van der Waals surface area contributed by atoms with Crippen molar-refractivity contribution in [1.29, 1.82) is 0 Å². The highest BCUT2D eigenvalue weighted by Gasteiger charge is 2.24. The molecule has 0 radical (unpaired) electrons. The van der Waals surface area contributed by atoms with Crippen LogP contribution in [0.25, 0.3) is 0 Å². The normalized spacial score (nSPS) is 15.4. The maximum atomic E-state index is 12.8. The summed E-state index contributed by atoms with van der Waals surface area (Å²) in [5.41, 5.74) is 2.55. The first kappa shape index (κ1) is 25.8. The molecule has 2 aromatic rings. The third-order valence-electron chi connectivity index (χ3n) is 5.43. The van der Waals surface area contributed by atoms with Gasteiger partial charge < -0.3 is 10.6 Å². The van der Waals surface area contributed by atoms with E-state index >= 15 is 0 Å². The molecule has 10 heteroatoms. The first-order valence-electron chi connectivity index (χ1n) is 9.82. The Hall–Kier alpha value is -1.19. The van der Waals surface area contributed by atoms with Crippen molar-refractivity contribution in [1.82, 2.24) is 30.5 Å². The molecule has 3 rings (SSSR count). The Balaban J connectivity index is 0.00000210. The van der Waals surface area contributed by atoms with Crippen LogP contribution in [0.3, 0.4) is 0 Å². The number of likely N-dealkylation sites (N-methyl/N-ethyl adjacent to an activating group) is 1. The molecule has 1 atom stereocenters. The minimum atomic E-state index is -0.139. The summed E-state index contributed by atoms with van der Waals surface area (Å²) in [6.07, 6.45) is 2.04. The molecule has 1 saturated heterocycles. The minimum absolute atomic E-state index is 0. The Morgan fingerprint density at radius 1 is 1.34 bits per heavy atom. The van der Waals surface area contributed by atoms with E-state index in [0.717, 1.165) is 44.7 Å². The fourth-order valence-corrected chi connectivity index (χ4v) is 4.52. The number of nitrogens with one attached hydrogen (secondary N) is 2. The van der Waals surface area contributed by atoms with Crippen molar-refractivity contribution in [2.75, 3.05) is 32.7 Å². The summed E-state index contributed by atoms with van der Waals surface area (Å²) in [7, 11) is 0. The van der Waals surface area contributed by atoms with E-state index in [1.807, 2.05) is 11.6 Å². The molecule has 7 nitrogen and oxygen atoms in total. The number of thiophene rings is 1. The zero-order chi connectivity index (χ0) is 19.2. The predicted molar refractivity (Wildman–Crippen MR) is 123 cm³/mol. The lowest BCUT2D eigenvalue weighted by Gasteiger charge is -2.29. The van der Waals surface area contributed by atoms with Crippen LogP contribution in [0.2, 0.25) is 0 Å². The van der Waals surface area contributed by atoms with Crippen LogP contribution in [0.1, 0.15) is 60.5 Å². The molecule has 0 aromatic carbocycles. The van der Waals surface area contributed by atoms with E-state index in [1.54, 1.807) is 11.3 Å². The second kappa shape index (κ2) is 12.5. The maximum absolute atomic E-state index is 12.8. The van der Waals surface area contributed by atoms with E-state index in [2.05, 4.69) is 56.5 Å².